The van der Waals surface area contributed by atoms with Gasteiger partial charge in [0.2, 0.25) is 0 Å². The van der Waals surface area contributed by atoms with Gasteiger partial charge in [0, 0.05) is 11.9 Å². The van der Waals surface area contributed by atoms with E-state index in [1.54, 1.807) is 7.11 Å². The average Bonchev–Trinajstić information content (AvgIpc) is 3.08. The van der Waals surface area contributed by atoms with Crippen molar-refractivity contribution < 1.29 is 4.74 Å². The average molecular weight is 304 g/mol. The lowest BCUT2D eigenvalue weighted by Crippen LogP contribution is -1.98. The fourth-order valence-corrected chi connectivity index (χ4v) is 2.55. The second-order valence-electron chi connectivity index (χ2n) is 5.24. The Morgan fingerprint density at radius 2 is 1.78 bits per heavy atom. The van der Waals surface area contributed by atoms with Crippen LogP contribution in [0.25, 0.3) is 5.69 Å². The quantitative estimate of drug-likeness (QED) is 0.622. The van der Waals surface area contributed by atoms with Crippen molar-refractivity contribution >= 4 is 11.9 Å². The third-order valence-electron chi connectivity index (χ3n) is 3.84. The van der Waals surface area contributed by atoms with Gasteiger partial charge in [0.25, 0.3) is 0 Å². The lowest BCUT2D eigenvalue weighted by atomic mass is 10.1. The molecule has 1 aromatic heterocycles. The van der Waals surface area contributed by atoms with E-state index in [-0.39, 0.29) is 0 Å². The van der Waals surface area contributed by atoms with Gasteiger partial charge in [-0.3, -0.25) is 4.99 Å². The minimum atomic E-state index is 0.855. The van der Waals surface area contributed by atoms with Gasteiger partial charge >= 0.3 is 0 Å². The number of rotatable bonds is 5. The summed E-state index contributed by atoms with van der Waals surface area (Å²) >= 11 is 0. The van der Waals surface area contributed by atoms with E-state index in [4.69, 9.17) is 4.74 Å². The van der Waals surface area contributed by atoms with Crippen LogP contribution in [-0.4, -0.2) is 17.9 Å². The smallest absolute Gasteiger partial charge is 0.119 e. The Morgan fingerprint density at radius 1 is 1.00 bits per heavy atom. The van der Waals surface area contributed by atoms with Gasteiger partial charge in [-0.25, -0.2) is 0 Å². The third-order valence-corrected chi connectivity index (χ3v) is 3.84. The van der Waals surface area contributed by atoms with Crippen molar-refractivity contribution in [1.82, 2.24) is 4.57 Å². The summed E-state index contributed by atoms with van der Waals surface area (Å²) in [5.74, 6) is 0.855. The highest BCUT2D eigenvalue weighted by Crippen LogP contribution is 2.20. The Kier molecular flexibility index (Phi) is 4.57. The van der Waals surface area contributed by atoms with E-state index in [0.29, 0.717) is 0 Å². The van der Waals surface area contributed by atoms with Crippen molar-refractivity contribution in [1.29, 1.82) is 0 Å². The van der Waals surface area contributed by atoms with Crippen LogP contribution in [0.5, 0.6) is 5.75 Å². The predicted molar refractivity (Wildman–Crippen MR) is 95.4 cm³/mol. The van der Waals surface area contributed by atoms with Crippen LogP contribution in [0.1, 0.15) is 18.2 Å². The molecule has 0 atom stereocenters. The van der Waals surface area contributed by atoms with Crippen LogP contribution in [0, 0.1) is 0 Å². The molecule has 3 heteroatoms. The van der Waals surface area contributed by atoms with Gasteiger partial charge in [-0.05, 0) is 54.4 Å². The Balaban J connectivity index is 1.90. The van der Waals surface area contributed by atoms with Gasteiger partial charge in [0.1, 0.15) is 5.75 Å². The van der Waals surface area contributed by atoms with Crippen molar-refractivity contribution in [2.75, 3.05) is 7.11 Å². The summed E-state index contributed by atoms with van der Waals surface area (Å²) in [5, 5.41) is 0. The molecule has 3 nitrogen and oxygen atoms in total. The molecule has 0 fully saturated rings. The molecule has 2 aromatic carbocycles. The summed E-state index contributed by atoms with van der Waals surface area (Å²) in [7, 11) is 1.67. The maximum Gasteiger partial charge on any atom is 0.119 e. The minimum Gasteiger partial charge on any atom is -0.497 e. The summed E-state index contributed by atoms with van der Waals surface area (Å²) in [4.78, 5) is 4.67. The molecule has 0 bridgehead atoms. The molecule has 23 heavy (non-hydrogen) atoms. The molecule has 0 aliphatic rings. The monoisotopic (exact) mass is 304 g/mol. The molecule has 0 aliphatic heterocycles. The zero-order valence-corrected chi connectivity index (χ0v) is 13.4. The Labute approximate surface area is 136 Å². The maximum atomic E-state index is 5.21. The van der Waals surface area contributed by atoms with Gasteiger partial charge in [-0.15, -0.1) is 0 Å². The van der Waals surface area contributed by atoms with Gasteiger partial charge in [0.15, 0.2) is 0 Å². The molecule has 0 saturated heterocycles. The van der Waals surface area contributed by atoms with E-state index in [1.165, 1.54) is 5.56 Å². The SMILES string of the molecule is CCc1ccccc1N=Cc1cccn1-c1ccc(OC)cc1. The van der Waals surface area contributed by atoms with Gasteiger partial charge in [-0.2, -0.15) is 0 Å². The van der Waals surface area contributed by atoms with Crippen LogP contribution in [0.2, 0.25) is 0 Å². The molecular formula is C20H20N2O. The van der Waals surface area contributed by atoms with E-state index in [1.807, 2.05) is 48.8 Å². The van der Waals surface area contributed by atoms with Gasteiger partial charge in [0.05, 0.1) is 24.7 Å². The molecule has 116 valence electrons. The van der Waals surface area contributed by atoms with Crippen molar-refractivity contribution in [3.05, 3.63) is 78.1 Å². The van der Waals surface area contributed by atoms with Crippen LogP contribution in [0.4, 0.5) is 5.69 Å². The zero-order chi connectivity index (χ0) is 16.1. The van der Waals surface area contributed by atoms with Crippen molar-refractivity contribution in [2.45, 2.75) is 13.3 Å². The first-order valence-electron chi connectivity index (χ1n) is 7.75. The lowest BCUT2D eigenvalue weighted by Gasteiger charge is -2.08. The van der Waals surface area contributed by atoms with Crippen LogP contribution in [0.3, 0.4) is 0 Å². The van der Waals surface area contributed by atoms with E-state index in [2.05, 4.69) is 40.7 Å². The first kappa shape index (κ1) is 15.1. The molecule has 0 unspecified atom stereocenters. The maximum absolute atomic E-state index is 5.21. The molecule has 3 rings (SSSR count). The van der Waals surface area contributed by atoms with E-state index >= 15 is 0 Å². The Bertz CT molecular complexity index is 801. The molecule has 0 radical (unpaired) electrons. The minimum absolute atomic E-state index is 0.855. The number of benzene rings is 2. The number of nitrogens with zero attached hydrogens (tertiary/aromatic N) is 2. The van der Waals surface area contributed by atoms with Crippen molar-refractivity contribution in [3.63, 3.8) is 0 Å². The summed E-state index contributed by atoms with van der Waals surface area (Å²) in [5.41, 5.74) is 4.41. The predicted octanol–water partition coefficient (Wildman–Crippen LogP) is 4.80. The first-order chi connectivity index (χ1) is 11.3. The highest BCUT2D eigenvalue weighted by molar-refractivity contribution is 5.81. The number of para-hydroxylation sites is 1. The second-order valence-corrected chi connectivity index (χ2v) is 5.24. The van der Waals surface area contributed by atoms with E-state index in [9.17, 15) is 0 Å². The van der Waals surface area contributed by atoms with Crippen molar-refractivity contribution in [2.24, 2.45) is 4.99 Å². The van der Waals surface area contributed by atoms with E-state index < -0.39 is 0 Å². The van der Waals surface area contributed by atoms with Crippen LogP contribution in [0.15, 0.2) is 71.9 Å². The zero-order valence-electron chi connectivity index (χ0n) is 13.4. The topological polar surface area (TPSA) is 26.5 Å². The van der Waals surface area contributed by atoms with Crippen LogP contribution < -0.4 is 4.74 Å². The fourth-order valence-electron chi connectivity index (χ4n) is 2.55. The third kappa shape index (κ3) is 3.34. The Hall–Kier alpha value is -2.81. The number of hydrogen-bond donors (Lipinski definition) is 0. The molecule has 0 N–H and O–H groups in total. The number of ether oxygens (including phenoxy) is 1. The summed E-state index contributed by atoms with van der Waals surface area (Å²) < 4.78 is 7.32. The van der Waals surface area contributed by atoms with Gasteiger partial charge < -0.3 is 9.30 Å². The van der Waals surface area contributed by atoms with Gasteiger partial charge in [-0.1, -0.05) is 25.1 Å². The number of aliphatic imine (C=N–C) groups is 1. The molecule has 0 amide bonds. The number of aryl methyl sites for hydroxylation is 1. The second kappa shape index (κ2) is 6.97. The standard InChI is InChI=1S/C20H20N2O/c1-3-16-7-4-5-9-20(16)21-15-18-8-6-14-22(18)17-10-12-19(23-2)13-11-17/h4-15H,3H2,1-2H3. The molecule has 0 spiro atoms. The lowest BCUT2D eigenvalue weighted by molar-refractivity contribution is 0.415. The highest BCUT2D eigenvalue weighted by atomic mass is 16.5. The normalized spacial score (nSPS) is 11.0. The fraction of sp³-hybridized carbons (Fsp3) is 0.150. The number of aromatic nitrogens is 1. The first-order valence-corrected chi connectivity index (χ1v) is 7.75. The Morgan fingerprint density at radius 3 is 2.52 bits per heavy atom. The summed E-state index contributed by atoms with van der Waals surface area (Å²) in [6, 6.07) is 20.3. The van der Waals surface area contributed by atoms with E-state index in [0.717, 1.165) is 29.2 Å². The molecule has 3 aromatic rings. The number of hydrogen-bond acceptors (Lipinski definition) is 2. The van der Waals surface area contributed by atoms with Crippen LogP contribution >= 0.6 is 0 Å². The highest BCUT2D eigenvalue weighted by Gasteiger charge is 2.02. The molecular weight excluding hydrogens is 284 g/mol. The largest absolute Gasteiger partial charge is 0.497 e. The molecule has 0 aliphatic carbocycles. The molecule has 1 heterocycles. The summed E-state index contributed by atoms with van der Waals surface area (Å²) in [6.45, 7) is 2.15. The number of methoxy groups -OCH3 is 1. The molecule has 0 saturated carbocycles. The van der Waals surface area contributed by atoms with Crippen molar-refractivity contribution in [3.8, 4) is 11.4 Å². The summed E-state index contributed by atoms with van der Waals surface area (Å²) in [6.07, 6.45) is 4.93. The van der Waals surface area contributed by atoms with Crippen LogP contribution in [-0.2, 0) is 6.42 Å².